The molecule has 2 heterocycles. The van der Waals surface area contributed by atoms with E-state index < -0.39 is 15.9 Å². The van der Waals surface area contributed by atoms with Crippen molar-refractivity contribution in [2.75, 3.05) is 32.7 Å². The summed E-state index contributed by atoms with van der Waals surface area (Å²) in [7, 11) is -3.56. The lowest BCUT2D eigenvalue weighted by atomic mass is 10.4. The van der Waals surface area contributed by atoms with E-state index in [1.165, 1.54) is 10.4 Å². The average Bonchev–Trinajstić information content (AvgIpc) is 3.13. The van der Waals surface area contributed by atoms with Gasteiger partial charge in [-0.1, -0.05) is 6.92 Å². The summed E-state index contributed by atoms with van der Waals surface area (Å²) in [6, 6.07) is 1.32. The molecule has 8 heteroatoms. The first-order chi connectivity index (χ1) is 10.5. The molecule has 22 heavy (non-hydrogen) atoms. The van der Waals surface area contributed by atoms with Crippen LogP contribution in [0, 0.1) is 6.92 Å². The Morgan fingerprint density at radius 3 is 2.64 bits per heavy atom. The molecular weight excluding hydrogens is 306 g/mol. The summed E-state index contributed by atoms with van der Waals surface area (Å²) in [4.78, 5) is 12.1. The van der Waals surface area contributed by atoms with Gasteiger partial charge in [0.1, 0.15) is 10.7 Å². The highest BCUT2D eigenvalue weighted by atomic mass is 32.2. The van der Waals surface area contributed by atoms with E-state index >= 15 is 0 Å². The average molecular weight is 329 g/mol. The van der Waals surface area contributed by atoms with Gasteiger partial charge < -0.3 is 15.1 Å². The van der Waals surface area contributed by atoms with Crippen LogP contribution < -0.4 is 10.6 Å². The molecule has 7 nitrogen and oxygen atoms in total. The number of sulfonamides is 1. The summed E-state index contributed by atoms with van der Waals surface area (Å²) >= 11 is 0. The molecule has 1 fully saturated rings. The van der Waals surface area contributed by atoms with Gasteiger partial charge in [-0.25, -0.2) is 8.42 Å². The second-order valence-corrected chi connectivity index (χ2v) is 7.16. The van der Waals surface area contributed by atoms with Crippen LogP contribution in [0.4, 0.5) is 0 Å². The number of hydrogen-bond donors (Lipinski definition) is 2. The highest BCUT2D eigenvalue weighted by Gasteiger charge is 2.31. The second kappa shape index (κ2) is 7.26. The minimum atomic E-state index is -3.56. The van der Waals surface area contributed by atoms with Gasteiger partial charge in [0.15, 0.2) is 5.76 Å². The van der Waals surface area contributed by atoms with Gasteiger partial charge in [0.05, 0.1) is 0 Å². The van der Waals surface area contributed by atoms with Crippen molar-refractivity contribution in [1.29, 1.82) is 0 Å². The Morgan fingerprint density at radius 1 is 1.32 bits per heavy atom. The summed E-state index contributed by atoms with van der Waals surface area (Å²) < 4.78 is 31.8. The number of nitrogens with one attached hydrogen (secondary N) is 2. The van der Waals surface area contributed by atoms with Crippen molar-refractivity contribution in [3.63, 3.8) is 0 Å². The van der Waals surface area contributed by atoms with Crippen LogP contribution in [0.15, 0.2) is 15.4 Å². The zero-order chi connectivity index (χ0) is 16.2. The van der Waals surface area contributed by atoms with Gasteiger partial charge in [-0.3, -0.25) is 4.79 Å². The van der Waals surface area contributed by atoms with E-state index in [0.717, 1.165) is 19.4 Å². The molecule has 0 aromatic carbocycles. The van der Waals surface area contributed by atoms with E-state index in [1.54, 1.807) is 6.92 Å². The van der Waals surface area contributed by atoms with Gasteiger partial charge in [0.2, 0.25) is 10.0 Å². The first kappa shape index (κ1) is 17.0. The van der Waals surface area contributed by atoms with Gasteiger partial charge >= 0.3 is 0 Å². The van der Waals surface area contributed by atoms with E-state index in [0.29, 0.717) is 26.2 Å². The first-order valence-corrected chi connectivity index (χ1v) is 9.00. The number of rotatable bonds is 7. The molecule has 1 aromatic rings. The molecule has 124 valence electrons. The Balaban J connectivity index is 2.09. The van der Waals surface area contributed by atoms with E-state index in [2.05, 4.69) is 10.6 Å². The number of carbonyl (C=O) groups is 1. The summed E-state index contributed by atoms with van der Waals surface area (Å²) in [6.45, 7) is 6.54. The first-order valence-electron chi connectivity index (χ1n) is 7.56. The quantitative estimate of drug-likeness (QED) is 0.719. The molecule has 0 spiro atoms. The van der Waals surface area contributed by atoms with Crippen LogP contribution >= 0.6 is 0 Å². The Kier molecular flexibility index (Phi) is 5.60. The van der Waals surface area contributed by atoms with Crippen LogP contribution in [0.3, 0.4) is 0 Å². The molecule has 1 aliphatic heterocycles. The Morgan fingerprint density at radius 2 is 2.00 bits per heavy atom. The summed E-state index contributed by atoms with van der Waals surface area (Å²) in [6.07, 6.45) is 1.74. The third-order valence-corrected chi connectivity index (χ3v) is 5.62. The Hall–Kier alpha value is -1.38. The Bertz CT molecular complexity index is 618. The number of carbonyl (C=O) groups excluding carboxylic acids is 1. The molecule has 1 aliphatic rings. The molecule has 0 aliphatic carbocycles. The molecule has 1 aromatic heterocycles. The van der Waals surface area contributed by atoms with Gasteiger partial charge in [-0.05, 0) is 26.3 Å². The van der Waals surface area contributed by atoms with Crippen LogP contribution in [0.25, 0.3) is 0 Å². The number of nitrogens with zero attached hydrogens (tertiary/aromatic N) is 1. The maximum absolute atomic E-state index is 12.5. The number of hydrogen-bond acceptors (Lipinski definition) is 5. The van der Waals surface area contributed by atoms with Crippen LogP contribution in [0.5, 0.6) is 0 Å². The molecule has 0 saturated carbocycles. The SMILES string of the molecule is CCNCCNC(=O)c1cc(S(=O)(=O)N2CCCC2)c(C)o1. The molecule has 0 atom stereocenters. The lowest BCUT2D eigenvalue weighted by Crippen LogP contribution is -2.31. The fraction of sp³-hybridized carbons (Fsp3) is 0.643. The second-order valence-electron chi connectivity index (χ2n) is 5.25. The van der Waals surface area contributed by atoms with Crippen LogP contribution in [-0.4, -0.2) is 51.4 Å². The monoisotopic (exact) mass is 329 g/mol. The van der Waals surface area contributed by atoms with Gasteiger partial charge in [-0.15, -0.1) is 0 Å². The fourth-order valence-electron chi connectivity index (χ4n) is 2.43. The van der Waals surface area contributed by atoms with Gasteiger partial charge in [0, 0.05) is 32.2 Å². The zero-order valence-corrected chi connectivity index (χ0v) is 13.8. The largest absolute Gasteiger partial charge is 0.455 e. The summed E-state index contributed by atoms with van der Waals surface area (Å²) in [5, 5.41) is 5.78. The van der Waals surface area contributed by atoms with Crippen molar-refractivity contribution >= 4 is 15.9 Å². The summed E-state index contributed by atoms with van der Waals surface area (Å²) in [5.74, 6) is -0.112. The number of furan rings is 1. The molecule has 0 radical (unpaired) electrons. The van der Waals surface area contributed by atoms with Crippen molar-refractivity contribution in [3.8, 4) is 0 Å². The third-order valence-electron chi connectivity index (χ3n) is 3.62. The maximum Gasteiger partial charge on any atom is 0.287 e. The van der Waals surface area contributed by atoms with Crippen molar-refractivity contribution < 1.29 is 17.6 Å². The highest BCUT2D eigenvalue weighted by Crippen LogP contribution is 2.26. The molecule has 2 N–H and O–H groups in total. The lowest BCUT2D eigenvalue weighted by Gasteiger charge is -2.14. The minimum absolute atomic E-state index is 0.0340. The van der Waals surface area contributed by atoms with Crippen molar-refractivity contribution in [2.24, 2.45) is 0 Å². The highest BCUT2D eigenvalue weighted by molar-refractivity contribution is 7.89. The molecular formula is C14H23N3O4S. The normalized spacial score (nSPS) is 16.1. The molecule has 0 unspecified atom stereocenters. The third kappa shape index (κ3) is 3.68. The summed E-state index contributed by atoms with van der Waals surface area (Å²) in [5.41, 5.74) is 0. The lowest BCUT2D eigenvalue weighted by molar-refractivity contribution is 0.0925. The van der Waals surface area contributed by atoms with Crippen molar-refractivity contribution in [2.45, 2.75) is 31.6 Å². The van der Waals surface area contributed by atoms with Crippen molar-refractivity contribution in [1.82, 2.24) is 14.9 Å². The van der Waals surface area contributed by atoms with E-state index in [-0.39, 0.29) is 16.4 Å². The van der Waals surface area contributed by atoms with Crippen LogP contribution in [0.1, 0.15) is 36.1 Å². The Labute approximate surface area is 131 Å². The number of aryl methyl sites for hydroxylation is 1. The van der Waals surface area contributed by atoms with Crippen molar-refractivity contribution in [3.05, 3.63) is 17.6 Å². The van der Waals surface area contributed by atoms with Gasteiger partial charge in [-0.2, -0.15) is 4.31 Å². The molecule has 1 amide bonds. The number of amides is 1. The van der Waals surface area contributed by atoms with E-state index in [9.17, 15) is 13.2 Å². The molecule has 0 bridgehead atoms. The number of likely N-dealkylation sites (N-methyl/N-ethyl adjacent to an activating group) is 1. The fourth-order valence-corrected chi connectivity index (χ4v) is 4.11. The van der Waals surface area contributed by atoms with Crippen LogP contribution in [0.2, 0.25) is 0 Å². The topological polar surface area (TPSA) is 91.6 Å². The predicted octanol–water partition coefficient (Wildman–Crippen LogP) is 0.712. The van der Waals surface area contributed by atoms with Crippen LogP contribution in [-0.2, 0) is 10.0 Å². The molecule has 1 saturated heterocycles. The van der Waals surface area contributed by atoms with E-state index in [1.807, 2.05) is 6.92 Å². The minimum Gasteiger partial charge on any atom is -0.455 e. The predicted molar refractivity (Wildman–Crippen MR) is 82.3 cm³/mol. The van der Waals surface area contributed by atoms with E-state index in [4.69, 9.17) is 4.42 Å². The zero-order valence-electron chi connectivity index (χ0n) is 13.0. The standard InChI is InChI=1S/C14H23N3O4S/c1-3-15-6-7-16-14(18)12-10-13(11(2)21-12)22(19,20)17-8-4-5-9-17/h10,15H,3-9H2,1-2H3,(H,16,18). The smallest absolute Gasteiger partial charge is 0.287 e. The molecule has 2 rings (SSSR count). The maximum atomic E-state index is 12.5. The van der Waals surface area contributed by atoms with Gasteiger partial charge in [0.25, 0.3) is 5.91 Å².